The first-order chi connectivity index (χ1) is 9.31. The number of nitrogens with zero attached hydrogens (tertiary/aromatic N) is 3. The second-order valence-electron chi connectivity index (χ2n) is 4.81. The fraction of sp³-hybridized carbons (Fsp3) is 0.429. The average Bonchev–Trinajstić information content (AvgIpc) is 3.07. The summed E-state index contributed by atoms with van der Waals surface area (Å²) in [4.78, 5) is 4.45. The van der Waals surface area contributed by atoms with Gasteiger partial charge in [0.15, 0.2) is 5.69 Å². The van der Waals surface area contributed by atoms with E-state index in [0.29, 0.717) is 11.7 Å². The Morgan fingerprint density at radius 1 is 1.58 bits per heavy atom. The molecule has 1 fully saturated rings. The number of hydrogen-bond donors (Lipinski definition) is 1. The van der Waals surface area contributed by atoms with Crippen LogP contribution in [0.3, 0.4) is 0 Å². The lowest BCUT2D eigenvalue weighted by molar-refractivity contribution is 0.412. The summed E-state index contributed by atoms with van der Waals surface area (Å²) in [6, 6.07) is 6.36. The molecule has 0 amide bonds. The molecule has 1 aliphatic heterocycles. The number of pyridine rings is 1. The summed E-state index contributed by atoms with van der Waals surface area (Å²) < 4.78 is 7.21. The minimum atomic E-state index is 0.461. The topological polar surface area (TPSA) is 62.3 Å². The quantitative estimate of drug-likeness (QED) is 0.904. The number of ether oxygens (including phenoxy) is 1. The van der Waals surface area contributed by atoms with E-state index >= 15 is 0 Å². The molecule has 3 rings (SSSR count). The van der Waals surface area contributed by atoms with Crippen molar-refractivity contribution in [3.8, 4) is 11.8 Å². The van der Waals surface area contributed by atoms with Crippen LogP contribution < -0.4 is 10.1 Å². The van der Waals surface area contributed by atoms with E-state index in [1.165, 1.54) is 12.8 Å². The highest BCUT2D eigenvalue weighted by molar-refractivity contribution is 5.59. The van der Waals surface area contributed by atoms with Crippen molar-refractivity contribution in [3.63, 3.8) is 0 Å². The van der Waals surface area contributed by atoms with Gasteiger partial charge in [-0.15, -0.1) is 0 Å². The number of imidazole rings is 1. The molecule has 98 valence electrons. The third-order valence-corrected chi connectivity index (χ3v) is 3.62. The van der Waals surface area contributed by atoms with Gasteiger partial charge in [-0.05, 0) is 31.5 Å². The highest BCUT2D eigenvalue weighted by Crippen LogP contribution is 2.20. The summed E-state index contributed by atoms with van der Waals surface area (Å²) in [5, 5.41) is 12.6. The molecule has 5 nitrogen and oxygen atoms in total. The van der Waals surface area contributed by atoms with Gasteiger partial charge >= 0.3 is 0 Å². The minimum absolute atomic E-state index is 0.461. The summed E-state index contributed by atoms with van der Waals surface area (Å²) in [6.45, 7) is 1.07. The van der Waals surface area contributed by atoms with Gasteiger partial charge in [-0.2, -0.15) is 5.26 Å². The zero-order chi connectivity index (χ0) is 13.2. The largest absolute Gasteiger partial charge is 0.495 e. The van der Waals surface area contributed by atoms with Crippen molar-refractivity contribution in [2.45, 2.75) is 25.3 Å². The van der Waals surface area contributed by atoms with E-state index < -0.39 is 0 Å². The molecule has 2 aromatic heterocycles. The maximum Gasteiger partial charge on any atom is 0.166 e. The van der Waals surface area contributed by atoms with Crippen LogP contribution in [0.25, 0.3) is 5.52 Å². The van der Waals surface area contributed by atoms with Crippen molar-refractivity contribution in [3.05, 3.63) is 29.8 Å². The second kappa shape index (κ2) is 4.90. The fourth-order valence-electron chi connectivity index (χ4n) is 2.63. The summed E-state index contributed by atoms with van der Waals surface area (Å²) in [5.41, 5.74) is 1.33. The van der Waals surface area contributed by atoms with E-state index in [1.807, 2.05) is 22.7 Å². The summed E-state index contributed by atoms with van der Waals surface area (Å²) in [5.74, 6) is 1.69. The monoisotopic (exact) mass is 256 g/mol. The number of nitriles is 1. The van der Waals surface area contributed by atoms with E-state index in [2.05, 4.69) is 16.4 Å². The number of hydrogen-bond acceptors (Lipinski definition) is 4. The highest BCUT2D eigenvalue weighted by Gasteiger charge is 2.19. The summed E-state index contributed by atoms with van der Waals surface area (Å²) in [6.07, 6.45) is 5.12. The van der Waals surface area contributed by atoms with Crippen LogP contribution in [0.5, 0.6) is 5.75 Å². The van der Waals surface area contributed by atoms with Crippen LogP contribution in [0.2, 0.25) is 0 Å². The Kier molecular flexibility index (Phi) is 3.10. The molecule has 0 aliphatic carbocycles. The van der Waals surface area contributed by atoms with Crippen molar-refractivity contribution < 1.29 is 4.74 Å². The van der Waals surface area contributed by atoms with Crippen molar-refractivity contribution in [1.29, 1.82) is 5.26 Å². The van der Waals surface area contributed by atoms with Crippen LogP contribution in [0, 0.1) is 11.3 Å². The van der Waals surface area contributed by atoms with Gasteiger partial charge in [0.2, 0.25) is 0 Å². The summed E-state index contributed by atoms with van der Waals surface area (Å²) >= 11 is 0. The molecule has 0 aromatic carbocycles. The SMILES string of the molecule is COc1ccc2c(C#N)nc(CC3CCCN3)n2c1. The van der Waals surface area contributed by atoms with E-state index in [-0.39, 0.29) is 0 Å². The van der Waals surface area contributed by atoms with Crippen molar-refractivity contribution in [2.24, 2.45) is 0 Å². The average molecular weight is 256 g/mol. The standard InChI is InChI=1S/C14H16N4O/c1-19-11-4-5-13-12(8-15)17-14(18(13)9-11)7-10-3-2-6-16-10/h4-5,9-10,16H,2-3,6-7H2,1H3. The predicted molar refractivity (Wildman–Crippen MR) is 71.2 cm³/mol. The van der Waals surface area contributed by atoms with Crippen LogP contribution in [0.1, 0.15) is 24.4 Å². The van der Waals surface area contributed by atoms with Crippen molar-refractivity contribution >= 4 is 5.52 Å². The first-order valence-corrected chi connectivity index (χ1v) is 6.50. The number of aromatic nitrogens is 2. The van der Waals surface area contributed by atoms with Crippen LogP contribution >= 0.6 is 0 Å². The molecule has 0 radical (unpaired) electrons. The molecule has 1 saturated heterocycles. The molecule has 2 aromatic rings. The first kappa shape index (κ1) is 12.0. The van der Waals surface area contributed by atoms with E-state index in [4.69, 9.17) is 10.00 Å². The molecular weight excluding hydrogens is 240 g/mol. The predicted octanol–water partition coefficient (Wildman–Crippen LogP) is 1.51. The normalized spacial score (nSPS) is 18.6. The maximum absolute atomic E-state index is 9.16. The van der Waals surface area contributed by atoms with Gasteiger partial charge in [-0.1, -0.05) is 0 Å². The molecule has 0 saturated carbocycles. The molecular formula is C14H16N4O. The molecule has 3 heterocycles. The van der Waals surface area contributed by atoms with Crippen LogP contribution in [0.4, 0.5) is 0 Å². The Morgan fingerprint density at radius 3 is 3.16 bits per heavy atom. The minimum Gasteiger partial charge on any atom is -0.495 e. The van der Waals surface area contributed by atoms with Gasteiger partial charge < -0.3 is 10.1 Å². The second-order valence-corrected chi connectivity index (χ2v) is 4.81. The molecule has 1 aliphatic rings. The zero-order valence-corrected chi connectivity index (χ0v) is 10.9. The van der Waals surface area contributed by atoms with E-state index in [0.717, 1.165) is 30.1 Å². The molecule has 0 spiro atoms. The molecule has 19 heavy (non-hydrogen) atoms. The Labute approximate surface area is 111 Å². The number of fused-ring (bicyclic) bond motifs is 1. The Morgan fingerprint density at radius 2 is 2.47 bits per heavy atom. The lowest BCUT2D eigenvalue weighted by Gasteiger charge is -2.09. The maximum atomic E-state index is 9.16. The van der Waals surface area contributed by atoms with E-state index in [1.54, 1.807) is 7.11 Å². The third kappa shape index (κ3) is 2.15. The number of nitrogens with one attached hydrogen (secondary N) is 1. The molecule has 1 N–H and O–H groups in total. The molecule has 0 bridgehead atoms. The van der Waals surface area contributed by atoms with Gasteiger partial charge in [0.05, 0.1) is 18.8 Å². The van der Waals surface area contributed by atoms with Crippen LogP contribution in [0.15, 0.2) is 18.3 Å². The Balaban J connectivity index is 2.04. The van der Waals surface area contributed by atoms with Gasteiger partial charge in [-0.25, -0.2) is 4.98 Å². The molecule has 5 heteroatoms. The smallest absolute Gasteiger partial charge is 0.166 e. The van der Waals surface area contributed by atoms with Gasteiger partial charge in [0.25, 0.3) is 0 Å². The van der Waals surface area contributed by atoms with Gasteiger partial charge in [-0.3, -0.25) is 4.40 Å². The Bertz CT molecular complexity index is 635. The number of rotatable bonds is 3. The van der Waals surface area contributed by atoms with E-state index in [9.17, 15) is 0 Å². The Hall–Kier alpha value is -2.06. The van der Waals surface area contributed by atoms with Crippen LogP contribution in [-0.2, 0) is 6.42 Å². The zero-order valence-electron chi connectivity index (χ0n) is 10.9. The van der Waals surface area contributed by atoms with Crippen LogP contribution in [-0.4, -0.2) is 29.1 Å². The first-order valence-electron chi connectivity index (χ1n) is 6.50. The van der Waals surface area contributed by atoms with Crippen molar-refractivity contribution in [2.75, 3.05) is 13.7 Å². The fourth-order valence-corrected chi connectivity index (χ4v) is 2.63. The number of methoxy groups -OCH3 is 1. The molecule has 1 unspecified atom stereocenters. The third-order valence-electron chi connectivity index (χ3n) is 3.62. The van der Waals surface area contributed by atoms with Crippen molar-refractivity contribution in [1.82, 2.24) is 14.7 Å². The molecule has 1 atom stereocenters. The lowest BCUT2D eigenvalue weighted by Crippen LogP contribution is -2.24. The lowest BCUT2D eigenvalue weighted by atomic mass is 10.1. The summed E-state index contributed by atoms with van der Waals surface area (Å²) in [7, 11) is 1.64. The highest BCUT2D eigenvalue weighted by atomic mass is 16.5. The van der Waals surface area contributed by atoms with Gasteiger partial charge in [0, 0.05) is 12.5 Å². The van der Waals surface area contributed by atoms with Gasteiger partial charge in [0.1, 0.15) is 17.6 Å².